The van der Waals surface area contributed by atoms with Gasteiger partial charge in [0.2, 0.25) is 11.8 Å². The molecule has 154 valence electrons. The summed E-state index contributed by atoms with van der Waals surface area (Å²) >= 11 is 0. The van der Waals surface area contributed by atoms with Gasteiger partial charge in [-0.1, -0.05) is 6.92 Å². The van der Waals surface area contributed by atoms with E-state index in [1.165, 1.54) is 12.1 Å². The van der Waals surface area contributed by atoms with Crippen molar-refractivity contribution in [3.05, 3.63) is 30.1 Å². The number of nitrogens with zero attached hydrogens (tertiary/aromatic N) is 3. The number of hydrogen-bond acceptors (Lipinski definition) is 4. The number of piperidine rings is 1. The highest BCUT2D eigenvalue weighted by molar-refractivity contribution is 5.87. The molecule has 0 spiro atoms. The van der Waals surface area contributed by atoms with E-state index < -0.39 is 0 Å². The van der Waals surface area contributed by atoms with Crippen molar-refractivity contribution in [2.45, 2.75) is 38.6 Å². The summed E-state index contributed by atoms with van der Waals surface area (Å²) < 4.78 is 13.1. The second-order valence-electron chi connectivity index (χ2n) is 7.55. The van der Waals surface area contributed by atoms with Gasteiger partial charge in [0.1, 0.15) is 11.9 Å². The van der Waals surface area contributed by atoms with Crippen molar-refractivity contribution in [2.24, 2.45) is 0 Å². The quantitative estimate of drug-likeness (QED) is 0.806. The maximum Gasteiger partial charge on any atom is 0.242 e. The molecule has 2 aliphatic heterocycles. The van der Waals surface area contributed by atoms with Crippen LogP contribution in [0.2, 0.25) is 0 Å². The first-order valence-electron chi connectivity index (χ1n) is 10.4. The molecule has 1 aromatic carbocycles. The summed E-state index contributed by atoms with van der Waals surface area (Å²) in [6.07, 6.45) is 3.18. The number of nitrogens with one attached hydrogen (secondary N) is 1. The molecule has 0 saturated carbocycles. The van der Waals surface area contributed by atoms with Gasteiger partial charge in [-0.3, -0.25) is 14.5 Å². The molecule has 2 fully saturated rings. The molecule has 2 aliphatic rings. The van der Waals surface area contributed by atoms with Crippen LogP contribution in [0, 0.1) is 5.82 Å². The first kappa shape index (κ1) is 20.6. The van der Waals surface area contributed by atoms with E-state index in [1.807, 2.05) is 19.1 Å². The number of hydrogen-bond donors (Lipinski definition) is 1. The molecular formula is C21H31FN4O2. The second kappa shape index (κ2) is 9.87. The van der Waals surface area contributed by atoms with Crippen LogP contribution < -0.4 is 10.2 Å². The van der Waals surface area contributed by atoms with E-state index >= 15 is 0 Å². The number of benzene rings is 1. The molecule has 1 N–H and O–H groups in total. The summed E-state index contributed by atoms with van der Waals surface area (Å²) in [6.45, 7) is 7.54. The van der Waals surface area contributed by atoms with Gasteiger partial charge in [0, 0.05) is 57.9 Å². The van der Waals surface area contributed by atoms with E-state index in [9.17, 15) is 14.0 Å². The summed E-state index contributed by atoms with van der Waals surface area (Å²) in [5.74, 6) is -0.168. The Hall–Kier alpha value is -2.15. The lowest BCUT2D eigenvalue weighted by molar-refractivity contribution is -0.142. The summed E-state index contributed by atoms with van der Waals surface area (Å²) in [5.41, 5.74) is 1.05. The summed E-state index contributed by atoms with van der Waals surface area (Å²) in [4.78, 5) is 31.0. The van der Waals surface area contributed by atoms with Gasteiger partial charge in [-0.15, -0.1) is 0 Å². The minimum Gasteiger partial charge on any atom is -0.369 e. The number of amides is 2. The lowest BCUT2D eigenvalue weighted by atomic mass is 10.0. The van der Waals surface area contributed by atoms with Crippen LogP contribution in [-0.4, -0.2) is 73.5 Å². The minimum atomic E-state index is -0.309. The van der Waals surface area contributed by atoms with Gasteiger partial charge in [-0.05, 0) is 43.5 Å². The summed E-state index contributed by atoms with van der Waals surface area (Å²) in [5, 5.41) is 3.03. The highest BCUT2D eigenvalue weighted by atomic mass is 19.1. The van der Waals surface area contributed by atoms with Crippen molar-refractivity contribution < 1.29 is 14.0 Å². The first-order chi connectivity index (χ1) is 13.6. The van der Waals surface area contributed by atoms with Gasteiger partial charge < -0.3 is 15.1 Å². The maximum absolute atomic E-state index is 13.1. The number of piperazine rings is 1. The summed E-state index contributed by atoms with van der Waals surface area (Å²) in [6, 6.07) is 6.32. The van der Waals surface area contributed by atoms with Crippen molar-refractivity contribution in [1.82, 2.24) is 15.1 Å². The van der Waals surface area contributed by atoms with Gasteiger partial charge in [0.05, 0.1) is 0 Å². The zero-order chi connectivity index (χ0) is 19.9. The van der Waals surface area contributed by atoms with Gasteiger partial charge in [-0.25, -0.2) is 4.39 Å². The molecular weight excluding hydrogens is 359 g/mol. The van der Waals surface area contributed by atoms with Gasteiger partial charge >= 0.3 is 0 Å². The van der Waals surface area contributed by atoms with E-state index in [-0.39, 0.29) is 23.7 Å². The standard InChI is InChI=1S/C21H31FN4O2/c1-2-20(27)26-11-4-3-5-19(26)21(28)23-10-12-24-13-15-25(16-14-24)18-8-6-17(22)7-9-18/h6-9,19H,2-5,10-16H2,1H3,(H,23,28). The van der Waals surface area contributed by atoms with Crippen LogP contribution in [0.3, 0.4) is 0 Å². The number of carbonyl (C=O) groups is 2. The molecule has 1 aromatic rings. The third-order valence-electron chi connectivity index (χ3n) is 5.72. The normalized spacial score (nSPS) is 20.9. The van der Waals surface area contributed by atoms with Gasteiger partial charge in [-0.2, -0.15) is 0 Å². The average Bonchev–Trinajstić information content (AvgIpc) is 2.74. The fraction of sp³-hybridized carbons (Fsp3) is 0.619. The first-order valence-corrected chi connectivity index (χ1v) is 10.4. The highest BCUT2D eigenvalue weighted by Crippen LogP contribution is 2.19. The molecule has 2 saturated heterocycles. The zero-order valence-electron chi connectivity index (χ0n) is 16.7. The van der Waals surface area contributed by atoms with Crippen molar-refractivity contribution >= 4 is 17.5 Å². The van der Waals surface area contributed by atoms with Crippen molar-refractivity contribution in [1.29, 1.82) is 0 Å². The third-order valence-corrected chi connectivity index (χ3v) is 5.72. The largest absolute Gasteiger partial charge is 0.369 e. The van der Waals surface area contributed by atoms with Crippen LogP contribution in [-0.2, 0) is 9.59 Å². The number of carbonyl (C=O) groups excluding carboxylic acids is 2. The number of anilines is 1. The number of rotatable bonds is 6. The Morgan fingerprint density at radius 2 is 1.79 bits per heavy atom. The van der Waals surface area contributed by atoms with Gasteiger partial charge in [0.25, 0.3) is 0 Å². The van der Waals surface area contributed by atoms with E-state index in [4.69, 9.17) is 0 Å². The van der Waals surface area contributed by atoms with Crippen LogP contribution in [0.1, 0.15) is 32.6 Å². The van der Waals surface area contributed by atoms with Crippen LogP contribution in [0.15, 0.2) is 24.3 Å². The molecule has 1 atom stereocenters. The van der Waals surface area contributed by atoms with E-state index in [0.717, 1.165) is 57.7 Å². The third kappa shape index (κ3) is 5.22. The van der Waals surface area contributed by atoms with Gasteiger partial charge in [0.15, 0.2) is 0 Å². The molecule has 0 bridgehead atoms. The van der Waals surface area contributed by atoms with Crippen molar-refractivity contribution in [2.75, 3.05) is 50.7 Å². The molecule has 0 aliphatic carbocycles. The van der Waals surface area contributed by atoms with E-state index in [2.05, 4.69) is 15.1 Å². The van der Waals surface area contributed by atoms with E-state index in [0.29, 0.717) is 19.5 Å². The number of likely N-dealkylation sites (tertiary alicyclic amines) is 1. The predicted molar refractivity (Wildman–Crippen MR) is 108 cm³/mol. The predicted octanol–water partition coefficient (Wildman–Crippen LogP) is 1.85. The van der Waals surface area contributed by atoms with Crippen LogP contribution in [0.5, 0.6) is 0 Å². The van der Waals surface area contributed by atoms with Crippen molar-refractivity contribution in [3.8, 4) is 0 Å². The summed E-state index contributed by atoms with van der Waals surface area (Å²) in [7, 11) is 0. The zero-order valence-corrected chi connectivity index (χ0v) is 16.7. The molecule has 28 heavy (non-hydrogen) atoms. The Balaban J connectivity index is 1.40. The molecule has 2 amide bonds. The molecule has 0 radical (unpaired) electrons. The smallest absolute Gasteiger partial charge is 0.242 e. The SMILES string of the molecule is CCC(=O)N1CCCCC1C(=O)NCCN1CCN(c2ccc(F)cc2)CC1. The number of halogens is 1. The molecule has 6 nitrogen and oxygen atoms in total. The molecule has 1 unspecified atom stereocenters. The Morgan fingerprint density at radius 3 is 2.46 bits per heavy atom. The Morgan fingerprint density at radius 1 is 1.07 bits per heavy atom. The van der Waals surface area contributed by atoms with Crippen molar-refractivity contribution in [3.63, 3.8) is 0 Å². The van der Waals surface area contributed by atoms with Crippen LogP contribution >= 0.6 is 0 Å². The molecule has 7 heteroatoms. The minimum absolute atomic E-state index is 0.0218. The molecule has 2 heterocycles. The Kier molecular flexibility index (Phi) is 7.25. The maximum atomic E-state index is 13.1. The average molecular weight is 391 g/mol. The lowest BCUT2D eigenvalue weighted by Crippen LogP contribution is -2.53. The van der Waals surface area contributed by atoms with Crippen LogP contribution in [0.4, 0.5) is 10.1 Å². The monoisotopic (exact) mass is 390 g/mol. The lowest BCUT2D eigenvalue weighted by Gasteiger charge is -2.37. The Labute approximate surface area is 166 Å². The second-order valence-corrected chi connectivity index (χ2v) is 7.55. The van der Waals surface area contributed by atoms with Crippen LogP contribution in [0.25, 0.3) is 0 Å². The molecule has 3 rings (SSSR count). The van der Waals surface area contributed by atoms with E-state index in [1.54, 1.807) is 4.90 Å². The highest BCUT2D eigenvalue weighted by Gasteiger charge is 2.31. The molecule has 0 aromatic heterocycles. The fourth-order valence-corrected chi connectivity index (χ4v) is 4.04. The Bertz CT molecular complexity index is 659. The topological polar surface area (TPSA) is 55.9 Å². The fourth-order valence-electron chi connectivity index (χ4n) is 4.04.